The molecule has 0 aliphatic heterocycles. The van der Waals surface area contributed by atoms with E-state index in [0.717, 1.165) is 6.42 Å². The third-order valence-electron chi connectivity index (χ3n) is 3.04. The molecule has 0 saturated carbocycles. The Balaban J connectivity index is 2.41. The Morgan fingerprint density at radius 2 is 2.21 bits per heavy atom. The molecule has 6 heteroatoms. The summed E-state index contributed by atoms with van der Waals surface area (Å²) in [7, 11) is 0. The molecule has 106 valence electrons. The highest BCUT2D eigenvalue weighted by molar-refractivity contribution is 7.12. The lowest BCUT2D eigenvalue weighted by Crippen LogP contribution is -2.49. The number of rotatable bonds is 7. The molecule has 1 unspecified atom stereocenters. The normalized spacial score (nSPS) is 13.6. The van der Waals surface area contributed by atoms with Crippen molar-refractivity contribution in [2.75, 3.05) is 13.2 Å². The van der Waals surface area contributed by atoms with Crippen molar-refractivity contribution in [2.45, 2.75) is 32.2 Å². The van der Waals surface area contributed by atoms with Crippen molar-refractivity contribution in [3.63, 3.8) is 0 Å². The van der Waals surface area contributed by atoms with Crippen LogP contribution in [0, 0.1) is 0 Å². The average molecular weight is 284 g/mol. The Morgan fingerprint density at radius 1 is 1.47 bits per heavy atom. The molecule has 2 amide bonds. The van der Waals surface area contributed by atoms with Gasteiger partial charge in [-0.3, -0.25) is 9.59 Å². The number of aliphatic hydroxyl groups is 1. The number of thiophene rings is 1. The Bertz CT molecular complexity index is 420. The van der Waals surface area contributed by atoms with Crippen LogP contribution in [0.1, 0.15) is 36.4 Å². The van der Waals surface area contributed by atoms with E-state index in [1.54, 1.807) is 12.1 Å². The van der Waals surface area contributed by atoms with E-state index in [0.29, 0.717) is 11.3 Å². The van der Waals surface area contributed by atoms with Crippen LogP contribution >= 0.6 is 11.3 Å². The van der Waals surface area contributed by atoms with E-state index >= 15 is 0 Å². The first-order valence-corrected chi connectivity index (χ1v) is 7.12. The number of hydrogen-bond donors (Lipinski definition) is 3. The monoisotopic (exact) mass is 284 g/mol. The fourth-order valence-electron chi connectivity index (χ4n) is 1.61. The largest absolute Gasteiger partial charge is 0.396 e. The quantitative estimate of drug-likeness (QED) is 0.702. The molecule has 1 rings (SSSR count). The molecule has 1 heterocycles. The zero-order chi connectivity index (χ0) is 14.3. The van der Waals surface area contributed by atoms with Gasteiger partial charge in [-0.1, -0.05) is 13.0 Å². The molecule has 1 aromatic rings. The minimum absolute atomic E-state index is 0.0200. The molecule has 19 heavy (non-hydrogen) atoms. The molecule has 0 spiro atoms. The van der Waals surface area contributed by atoms with Gasteiger partial charge in [0.25, 0.3) is 5.91 Å². The second-order valence-electron chi connectivity index (χ2n) is 4.60. The third-order valence-corrected chi connectivity index (χ3v) is 3.91. The van der Waals surface area contributed by atoms with Gasteiger partial charge in [-0.25, -0.2) is 0 Å². The summed E-state index contributed by atoms with van der Waals surface area (Å²) in [6, 6.07) is 3.49. The minimum Gasteiger partial charge on any atom is -0.396 e. The van der Waals surface area contributed by atoms with Crippen molar-refractivity contribution in [2.24, 2.45) is 0 Å². The zero-order valence-electron chi connectivity index (χ0n) is 11.2. The molecule has 0 fully saturated rings. The maximum absolute atomic E-state index is 11.8. The molecule has 0 bridgehead atoms. The lowest BCUT2D eigenvalue weighted by molar-refractivity contribution is -0.122. The summed E-state index contributed by atoms with van der Waals surface area (Å²) in [5.74, 6) is -0.492. The Hall–Kier alpha value is -1.40. The zero-order valence-corrected chi connectivity index (χ0v) is 12.0. The van der Waals surface area contributed by atoms with Gasteiger partial charge in [-0.15, -0.1) is 11.3 Å². The molecular formula is C13H20N2O3S. The van der Waals surface area contributed by atoms with Gasteiger partial charge < -0.3 is 15.7 Å². The number of nitrogens with one attached hydrogen (secondary N) is 2. The first kappa shape index (κ1) is 15.7. The summed E-state index contributed by atoms with van der Waals surface area (Å²) in [5.41, 5.74) is -0.431. The van der Waals surface area contributed by atoms with E-state index in [-0.39, 0.29) is 25.0 Å². The van der Waals surface area contributed by atoms with Crippen LogP contribution in [0.15, 0.2) is 17.5 Å². The number of amides is 2. The Morgan fingerprint density at radius 3 is 2.74 bits per heavy atom. The second-order valence-corrected chi connectivity index (χ2v) is 5.54. The fraction of sp³-hybridized carbons (Fsp3) is 0.538. The lowest BCUT2D eigenvalue weighted by atomic mass is 9.95. The van der Waals surface area contributed by atoms with Crippen LogP contribution in [0.5, 0.6) is 0 Å². The van der Waals surface area contributed by atoms with Crippen molar-refractivity contribution >= 4 is 23.2 Å². The SMILES string of the molecule is CCC(C)(CCO)NC(=O)CNC(=O)c1cccs1. The Labute approximate surface area is 117 Å². The number of hydrogen-bond acceptors (Lipinski definition) is 4. The summed E-state index contributed by atoms with van der Waals surface area (Å²) in [6.45, 7) is 3.78. The van der Waals surface area contributed by atoms with Crippen LogP contribution in [0.2, 0.25) is 0 Å². The first-order chi connectivity index (χ1) is 9.00. The van der Waals surface area contributed by atoms with Crippen LogP contribution in [0.4, 0.5) is 0 Å². The van der Waals surface area contributed by atoms with Crippen molar-refractivity contribution in [3.8, 4) is 0 Å². The Kier molecular flexibility index (Phi) is 5.98. The predicted octanol–water partition coefficient (Wildman–Crippen LogP) is 1.15. The van der Waals surface area contributed by atoms with Gasteiger partial charge in [0.05, 0.1) is 11.4 Å². The lowest BCUT2D eigenvalue weighted by Gasteiger charge is -2.29. The maximum atomic E-state index is 11.8. The van der Waals surface area contributed by atoms with Gasteiger partial charge in [0.1, 0.15) is 0 Å². The molecule has 0 radical (unpaired) electrons. The minimum atomic E-state index is -0.431. The smallest absolute Gasteiger partial charge is 0.261 e. The molecule has 0 aromatic carbocycles. The van der Waals surface area contributed by atoms with E-state index in [4.69, 9.17) is 5.11 Å². The predicted molar refractivity (Wildman–Crippen MR) is 75.2 cm³/mol. The number of aliphatic hydroxyl groups excluding tert-OH is 1. The van der Waals surface area contributed by atoms with E-state index in [1.807, 2.05) is 19.2 Å². The van der Waals surface area contributed by atoms with E-state index < -0.39 is 5.54 Å². The molecule has 1 aromatic heterocycles. The summed E-state index contributed by atoms with van der Waals surface area (Å²) < 4.78 is 0. The molecule has 5 nitrogen and oxygen atoms in total. The summed E-state index contributed by atoms with van der Waals surface area (Å²) in [4.78, 5) is 24.0. The number of carbonyl (C=O) groups is 2. The summed E-state index contributed by atoms with van der Waals surface area (Å²) >= 11 is 1.33. The molecular weight excluding hydrogens is 264 g/mol. The van der Waals surface area contributed by atoms with Gasteiger partial charge >= 0.3 is 0 Å². The van der Waals surface area contributed by atoms with Crippen LogP contribution in [0.3, 0.4) is 0 Å². The van der Waals surface area contributed by atoms with Crippen LogP contribution in [-0.2, 0) is 4.79 Å². The molecule has 1 atom stereocenters. The highest BCUT2D eigenvalue weighted by atomic mass is 32.1. The molecule has 0 aliphatic carbocycles. The van der Waals surface area contributed by atoms with E-state index in [1.165, 1.54) is 11.3 Å². The highest BCUT2D eigenvalue weighted by Crippen LogP contribution is 2.13. The summed E-state index contributed by atoms with van der Waals surface area (Å²) in [6.07, 6.45) is 1.21. The van der Waals surface area contributed by atoms with E-state index in [9.17, 15) is 9.59 Å². The van der Waals surface area contributed by atoms with Gasteiger partial charge in [0.15, 0.2) is 0 Å². The van der Waals surface area contributed by atoms with Crippen LogP contribution in [0.25, 0.3) is 0 Å². The van der Waals surface area contributed by atoms with Crippen molar-refractivity contribution in [3.05, 3.63) is 22.4 Å². The topological polar surface area (TPSA) is 78.4 Å². The van der Waals surface area contributed by atoms with Gasteiger partial charge in [0, 0.05) is 12.1 Å². The standard InChI is InChI=1S/C13H20N2O3S/c1-3-13(2,6-7-16)15-11(17)9-14-12(18)10-5-4-8-19-10/h4-5,8,16H,3,6-7,9H2,1-2H3,(H,14,18)(H,15,17). The molecule has 0 saturated heterocycles. The van der Waals surface area contributed by atoms with E-state index in [2.05, 4.69) is 10.6 Å². The summed E-state index contributed by atoms with van der Waals surface area (Å²) in [5, 5.41) is 16.2. The number of carbonyl (C=O) groups excluding carboxylic acids is 2. The van der Waals surface area contributed by atoms with Gasteiger partial charge in [0.2, 0.25) is 5.91 Å². The fourth-order valence-corrected chi connectivity index (χ4v) is 2.25. The van der Waals surface area contributed by atoms with Gasteiger partial charge in [-0.05, 0) is 31.2 Å². The van der Waals surface area contributed by atoms with Crippen LogP contribution in [-0.4, -0.2) is 35.6 Å². The third kappa shape index (κ3) is 5.00. The average Bonchev–Trinajstić information content (AvgIpc) is 2.90. The molecule has 0 aliphatic rings. The van der Waals surface area contributed by atoms with Crippen molar-refractivity contribution in [1.82, 2.24) is 10.6 Å². The maximum Gasteiger partial charge on any atom is 0.261 e. The molecule has 3 N–H and O–H groups in total. The van der Waals surface area contributed by atoms with Crippen molar-refractivity contribution < 1.29 is 14.7 Å². The highest BCUT2D eigenvalue weighted by Gasteiger charge is 2.23. The van der Waals surface area contributed by atoms with Crippen LogP contribution < -0.4 is 10.6 Å². The van der Waals surface area contributed by atoms with Gasteiger partial charge in [-0.2, -0.15) is 0 Å². The van der Waals surface area contributed by atoms with Crippen molar-refractivity contribution in [1.29, 1.82) is 0 Å². The first-order valence-electron chi connectivity index (χ1n) is 6.24. The second kappa shape index (κ2) is 7.25.